The number of benzene rings is 4. The van der Waals surface area contributed by atoms with Crippen LogP contribution in [0.1, 0.15) is 38.9 Å². The van der Waals surface area contributed by atoms with Gasteiger partial charge < -0.3 is 0 Å². The lowest BCUT2D eigenvalue weighted by Crippen LogP contribution is -2.36. The second kappa shape index (κ2) is 8.91. The largest absolute Gasteiger partial charge is 0.236 e. The summed E-state index contributed by atoms with van der Waals surface area (Å²) in [6.45, 7) is 27.4. The highest BCUT2D eigenvalue weighted by Crippen LogP contribution is 2.36. The summed E-state index contributed by atoms with van der Waals surface area (Å²) in [6.07, 6.45) is 4.29. The average molecular weight is 535 g/mol. The van der Waals surface area contributed by atoms with Crippen LogP contribution in [0, 0.1) is 47.8 Å². The van der Waals surface area contributed by atoms with Crippen LogP contribution >= 0.6 is 0 Å². The van der Waals surface area contributed by atoms with Crippen LogP contribution in [0.2, 0.25) is 0 Å². The van der Waals surface area contributed by atoms with E-state index in [1.165, 1.54) is 50.3 Å². The molecule has 2 aliphatic rings. The van der Waals surface area contributed by atoms with E-state index in [1.54, 1.807) is 0 Å². The fourth-order valence-corrected chi connectivity index (χ4v) is 6.67. The van der Waals surface area contributed by atoms with Gasteiger partial charge in [0.1, 0.15) is 22.4 Å². The van der Waals surface area contributed by atoms with Crippen molar-refractivity contribution in [2.45, 2.75) is 47.7 Å². The highest BCUT2D eigenvalue weighted by molar-refractivity contribution is 5.93. The Kier molecular flexibility index (Phi) is 5.39. The molecule has 198 valence electrons. The number of para-hydroxylation sites is 2. The molecule has 0 spiro atoms. The van der Waals surface area contributed by atoms with Gasteiger partial charge in [0, 0.05) is 0 Å². The van der Waals surface area contributed by atoms with Crippen molar-refractivity contribution in [2.75, 3.05) is 0 Å². The highest BCUT2D eigenvalue weighted by atomic mass is 15.4. The molecule has 0 fully saturated rings. The lowest BCUT2D eigenvalue weighted by atomic mass is 9.98. The summed E-state index contributed by atoms with van der Waals surface area (Å²) in [5.41, 5.74) is 15.3. The second-order valence-corrected chi connectivity index (χ2v) is 11.2. The lowest BCUT2D eigenvalue weighted by Gasteiger charge is -2.09. The Bertz CT molecular complexity index is 2180. The van der Waals surface area contributed by atoms with Crippen molar-refractivity contribution in [1.29, 1.82) is 0 Å². The van der Waals surface area contributed by atoms with E-state index in [0.717, 1.165) is 46.3 Å². The molecule has 2 aromatic heterocycles. The molecule has 0 saturated heterocycles. The predicted octanol–water partition coefficient (Wildman–Crippen LogP) is 7.20. The minimum absolute atomic E-state index is 0.718. The molecule has 4 aromatic carbocycles. The maximum atomic E-state index is 7.44. The number of nitrogens with zero attached hydrogens (tertiary/aromatic N) is 6. The molecule has 0 unspecified atom stereocenters. The van der Waals surface area contributed by atoms with Crippen LogP contribution in [0.3, 0.4) is 0 Å². The summed E-state index contributed by atoms with van der Waals surface area (Å²) in [6, 6.07) is 18.5. The zero-order chi connectivity index (χ0) is 28.6. The highest BCUT2D eigenvalue weighted by Gasteiger charge is 2.33. The van der Waals surface area contributed by atoms with E-state index in [2.05, 4.69) is 106 Å². The van der Waals surface area contributed by atoms with E-state index in [-0.39, 0.29) is 0 Å². The zero-order valence-electron chi connectivity index (χ0n) is 23.9. The fraction of sp³-hybridized carbons (Fsp3) is 0.200. The van der Waals surface area contributed by atoms with Crippen LogP contribution in [0.4, 0.5) is 11.4 Å². The SMILES string of the molecule is [C-]#[N+]c1cccc2c[n+]3n(c12)-c1c(C)cc(C)c(C)c1C3.[C-]#[N+]c1cccc2c[n+]3n(c12)-c1c(C)ccc(C)c1C3. The molecule has 0 bridgehead atoms. The standard InChI is InChI=1S/C18H16N3.C17H14N3/c1-11-8-12(2)17-15(13(11)3)10-20-9-14-6-5-7-16(19-4)18(14)21(17)20;1-11-7-8-12(2)16-14(11)10-19-9-13-5-4-6-15(18-3)17(13)20(16)19/h5-9H,10H2,1-3H3;4-9H,10H2,1-2H3/q2*+1. The molecular weight excluding hydrogens is 504 g/mol. The summed E-state index contributed by atoms with van der Waals surface area (Å²) in [5.74, 6) is 0. The van der Waals surface area contributed by atoms with E-state index >= 15 is 0 Å². The van der Waals surface area contributed by atoms with E-state index in [0.29, 0.717) is 0 Å². The van der Waals surface area contributed by atoms with Gasteiger partial charge in [0.2, 0.25) is 23.8 Å². The van der Waals surface area contributed by atoms with E-state index in [9.17, 15) is 0 Å². The van der Waals surface area contributed by atoms with Gasteiger partial charge in [0.25, 0.3) is 0 Å². The van der Waals surface area contributed by atoms with E-state index in [4.69, 9.17) is 13.1 Å². The van der Waals surface area contributed by atoms with Gasteiger partial charge in [-0.1, -0.05) is 42.5 Å². The van der Waals surface area contributed by atoms with E-state index in [1.807, 2.05) is 24.3 Å². The Morgan fingerprint density at radius 1 is 0.610 bits per heavy atom. The number of aryl methyl sites for hydroxylation is 4. The lowest BCUT2D eigenvalue weighted by molar-refractivity contribution is -0.749. The molecule has 6 heteroatoms. The Morgan fingerprint density at radius 2 is 1.12 bits per heavy atom. The number of rotatable bonds is 0. The normalized spacial score (nSPS) is 12.3. The molecule has 0 atom stereocenters. The summed E-state index contributed by atoms with van der Waals surface area (Å²) in [4.78, 5) is 7.40. The summed E-state index contributed by atoms with van der Waals surface area (Å²) >= 11 is 0. The maximum Gasteiger partial charge on any atom is 0.217 e. The minimum atomic E-state index is 0.718. The van der Waals surface area contributed by atoms with Crippen molar-refractivity contribution < 1.29 is 9.36 Å². The van der Waals surface area contributed by atoms with Gasteiger partial charge in [0.05, 0.1) is 35.0 Å². The molecule has 0 amide bonds. The number of hydrogen-bond donors (Lipinski definition) is 0. The van der Waals surface area contributed by atoms with Gasteiger partial charge in [0.15, 0.2) is 13.1 Å². The molecule has 8 rings (SSSR count). The monoisotopic (exact) mass is 534 g/mol. The quantitative estimate of drug-likeness (QED) is 0.145. The summed E-state index contributed by atoms with van der Waals surface area (Å²) in [5, 5.41) is 2.26. The van der Waals surface area contributed by atoms with E-state index < -0.39 is 0 Å². The van der Waals surface area contributed by atoms with Crippen molar-refractivity contribution >= 4 is 33.2 Å². The van der Waals surface area contributed by atoms with Crippen molar-refractivity contribution in [1.82, 2.24) is 9.36 Å². The van der Waals surface area contributed by atoms with Crippen LogP contribution in [0.25, 0.3) is 42.9 Å². The van der Waals surface area contributed by atoms with Crippen molar-refractivity contribution in [3.05, 3.63) is 129 Å². The number of hydrogen-bond acceptors (Lipinski definition) is 0. The van der Waals surface area contributed by atoms with Gasteiger partial charge in [-0.25, -0.2) is 9.69 Å². The van der Waals surface area contributed by atoms with Crippen LogP contribution < -0.4 is 9.36 Å². The van der Waals surface area contributed by atoms with Gasteiger partial charge >= 0.3 is 0 Å². The molecule has 41 heavy (non-hydrogen) atoms. The van der Waals surface area contributed by atoms with Crippen LogP contribution in [-0.4, -0.2) is 9.36 Å². The molecule has 6 nitrogen and oxygen atoms in total. The zero-order valence-corrected chi connectivity index (χ0v) is 23.9. The third-order valence-corrected chi connectivity index (χ3v) is 8.77. The predicted molar refractivity (Wildman–Crippen MR) is 161 cm³/mol. The van der Waals surface area contributed by atoms with Crippen molar-refractivity contribution in [3.8, 4) is 11.4 Å². The van der Waals surface area contributed by atoms with Crippen molar-refractivity contribution in [2.24, 2.45) is 0 Å². The third kappa shape index (κ3) is 3.47. The molecule has 0 N–H and O–H groups in total. The Hall–Kier alpha value is -5.20. The molecule has 0 radical (unpaired) electrons. The average Bonchev–Trinajstić information content (AvgIpc) is 3.71. The fourth-order valence-electron chi connectivity index (χ4n) is 6.67. The second-order valence-electron chi connectivity index (χ2n) is 11.2. The van der Waals surface area contributed by atoms with Gasteiger partial charge in [-0.15, -0.1) is 18.7 Å². The van der Waals surface area contributed by atoms with Crippen molar-refractivity contribution in [3.63, 3.8) is 0 Å². The van der Waals surface area contributed by atoms with Gasteiger partial charge in [-0.05, 0) is 74.6 Å². The third-order valence-electron chi connectivity index (χ3n) is 8.77. The number of aromatic nitrogens is 4. The Balaban J connectivity index is 0.000000135. The number of fused-ring (bicyclic) bond motifs is 10. The molecule has 6 aromatic rings. The van der Waals surface area contributed by atoms with Crippen LogP contribution in [0.5, 0.6) is 0 Å². The topological polar surface area (TPSA) is 26.3 Å². The first-order chi connectivity index (χ1) is 19.8. The summed E-state index contributed by atoms with van der Waals surface area (Å²) < 4.78 is 8.87. The Morgan fingerprint density at radius 3 is 1.68 bits per heavy atom. The first kappa shape index (κ1) is 24.8. The summed E-state index contributed by atoms with van der Waals surface area (Å²) in [7, 11) is 0. The van der Waals surface area contributed by atoms with Gasteiger partial charge in [-0.2, -0.15) is 0 Å². The molecular formula is C35H30N6+2. The first-order valence-electron chi connectivity index (χ1n) is 13.8. The Labute approximate surface area is 239 Å². The van der Waals surface area contributed by atoms with Crippen LogP contribution in [0.15, 0.2) is 67.0 Å². The molecule has 4 heterocycles. The minimum Gasteiger partial charge on any atom is -0.236 e. The smallest absolute Gasteiger partial charge is 0.217 e. The molecule has 2 aliphatic heterocycles. The van der Waals surface area contributed by atoms with Gasteiger partial charge in [-0.3, -0.25) is 0 Å². The van der Waals surface area contributed by atoms with Crippen LogP contribution in [-0.2, 0) is 13.1 Å². The maximum absolute atomic E-state index is 7.44. The molecule has 0 aliphatic carbocycles. The molecule has 0 saturated carbocycles. The first-order valence-corrected chi connectivity index (χ1v) is 13.8.